The molecule has 0 spiro atoms. The molecule has 2 fully saturated rings. The zero-order chi connectivity index (χ0) is 20.9. The van der Waals surface area contributed by atoms with E-state index in [2.05, 4.69) is 5.32 Å². The molecule has 1 heterocycles. The van der Waals surface area contributed by atoms with Crippen LogP contribution in [0.4, 0.5) is 11.4 Å². The molecule has 5 rings (SSSR count). The summed E-state index contributed by atoms with van der Waals surface area (Å²) in [5.41, 5.74) is 0.902. The molecule has 8 heteroatoms. The number of hydrogen-bond donors (Lipinski definition) is 1. The third-order valence-corrected chi connectivity index (χ3v) is 6.47. The summed E-state index contributed by atoms with van der Waals surface area (Å²) >= 11 is 0. The van der Waals surface area contributed by atoms with Crippen LogP contribution in [0, 0.1) is 40.7 Å². The van der Waals surface area contributed by atoms with Gasteiger partial charge in [-0.05, 0) is 49.7 Å². The van der Waals surface area contributed by atoms with Crippen molar-refractivity contribution < 1.29 is 19.3 Å². The largest absolute Gasteiger partial charge is 0.324 e. The van der Waals surface area contributed by atoms with Gasteiger partial charge >= 0.3 is 0 Å². The Bertz CT molecular complexity index is 908. The summed E-state index contributed by atoms with van der Waals surface area (Å²) in [7, 11) is 0. The SMILES string of the molecule is CC[C@H](C(=O)Nc1ccc([N+](=O)[O-])cc1C)N1C(=O)[C@H]2[C@H](C1=O)[C@H]1C=C[C@H]2CC1. The molecule has 4 aliphatic rings. The first-order valence-corrected chi connectivity index (χ1v) is 9.94. The van der Waals surface area contributed by atoms with E-state index in [9.17, 15) is 24.5 Å². The van der Waals surface area contributed by atoms with Gasteiger partial charge in [0.1, 0.15) is 6.04 Å². The normalized spacial score (nSPS) is 28.4. The lowest BCUT2D eigenvalue weighted by atomic mass is 9.63. The number of hydrogen-bond acceptors (Lipinski definition) is 5. The molecule has 3 amide bonds. The molecule has 1 aromatic carbocycles. The predicted molar refractivity (Wildman–Crippen MR) is 105 cm³/mol. The Hall–Kier alpha value is -3.03. The molecule has 8 nitrogen and oxygen atoms in total. The average molecular weight is 397 g/mol. The number of non-ortho nitro benzene ring substituents is 1. The maximum Gasteiger partial charge on any atom is 0.269 e. The highest BCUT2D eigenvalue weighted by Gasteiger charge is 2.58. The summed E-state index contributed by atoms with van der Waals surface area (Å²) in [4.78, 5) is 50.7. The van der Waals surface area contributed by atoms with Crippen molar-refractivity contribution in [2.24, 2.45) is 23.7 Å². The minimum absolute atomic E-state index is 0.0653. The monoisotopic (exact) mass is 397 g/mol. The minimum Gasteiger partial charge on any atom is -0.324 e. The van der Waals surface area contributed by atoms with Gasteiger partial charge in [-0.3, -0.25) is 29.4 Å². The fraction of sp³-hybridized carbons (Fsp3) is 0.476. The van der Waals surface area contributed by atoms with Crippen LogP contribution >= 0.6 is 0 Å². The van der Waals surface area contributed by atoms with E-state index in [0.29, 0.717) is 17.7 Å². The molecule has 2 bridgehead atoms. The lowest BCUT2D eigenvalue weighted by Crippen LogP contribution is -2.47. The maximum absolute atomic E-state index is 13.1. The fourth-order valence-electron chi connectivity index (χ4n) is 5.01. The fourth-order valence-corrected chi connectivity index (χ4v) is 5.01. The van der Waals surface area contributed by atoms with Gasteiger partial charge in [-0.1, -0.05) is 19.1 Å². The summed E-state index contributed by atoms with van der Waals surface area (Å²) in [6.07, 6.45) is 6.20. The first-order chi connectivity index (χ1) is 13.8. The number of imide groups is 1. The molecule has 3 aliphatic carbocycles. The van der Waals surface area contributed by atoms with Crippen molar-refractivity contribution >= 4 is 29.1 Å². The van der Waals surface area contributed by atoms with Crippen LogP contribution in [-0.2, 0) is 14.4 Å². The van der Waals surface area contributed by atoms with Crippen LogP contribution in [0.3, 0.4) is 0 Å². The third kappa shape index (κ3) is 3.03. The van der Waals surface area contributed by atoms with E-state index in [1.54, 1.807) is 13.8 Å². The van der Waals surface area contributed by atoms with E-state index < -0.39 is 16.9 Å². The molecule has 1 N–H and O–H groups in total. The van der Waals surface area contributed by atoms with E-state index >= 15 is 0 Å². The molecule has 1 aromatic rings. The summed E-state index contributed by atoms with van der Waals surface area (Å²) < 4.78 is 0. The van der Waals surface area contributed by atoms with E-state index in [1.165, 1.54) is 23.1 Å². The lowest BCUT2D eigenvalue weighted by molar-refractivity contribution is -0.384. The number of carbonyl (C=O) groups is 3. The number of nitrogens with zero attached hydrogens (tertiary/aromatic N) is 2. The molecule has 0 aromatic heterocycles. The van der Waals surface area contributed by atoms with Crippen LogP contribution in [0.5, 0.6) is 0 Å². The molecule has 0 radical (unpaired) electrons. The second-order valence-electron chi connectivity index (χ2n) is 8.06. The van der Waals surface area contributed by atoms with Crippen LogP contribution in [0.1, 0.15) is 31.7 Å². The topological polar surface area (TPSA) is 110 Å². The number of benzene rings is 1. The number of aryl methyl sites for hydroxylation is 1. The van der Waals surface area contributed by atoms with Gasteiger partial charge in [0.15, 0.2) is 0 Å². The number of nitro groups is 1. The number of rotatable bonds is 5. The van der Waals surface area contributed by atoms with Gasteiger partial charge in [-0.25, -0.2) is 0 Å². The molecule has 1 saturated heterocycles. The van der Waals surface area contributed by atoms with Gasteiger partial charge in [0.05, 0.1) is 16.8 Å². The first-order valence-electron chi connectivity index (χ1n) is 9.94. The van der Waals surface area contributed by atoms with Crippen molar-refractivity contribution in [1.29, 1.82) is 0 Å². The van der Waals surface area contributed by atoms with E-state index in [0.717, 1.165) is 12.8 Å². The molecule has 5 atom stereocenters. The van der Waals surface area contributed by atoms with Crippen molar-refractivity contribution in [1.82, 2.24) is 4.90 Å². The van der Waals surface area contributed by atoms with E-state index in [-0.39, 0.29) is 41.2 Å². The number of amides is 3. The van der Waals surface area contributed by atoms with Gasteiger partial charge in [-0.15, -0.1) is 0 Å². The van der Waals surface area contributed by atoms with Gasteiger partial charge < -0.3 is 5.32 Å². The molecule has 0 unspecified atom stereocenters. The Morgan fingerprint density at radius 1 is 1.21 bits per heavy atom. The maximum atomic E-state index is 13.1. The highest BCUT2D eigenvalue weighted by molar-refractivity contribution is 6.10. The van der Waals surface area contributed by atoms with Crippen molar-refractivity contribution in [2.75, 3.05) is 5.32 Å². The summed E-state index contributed by atoms with van der Waals surface area (Å²) in [5.74, 6) is -1.51. The van der Waals surface area contributed by atoms with Gasteiger partial charge in [0, 0.05) is 17.8 Å². The minimum atomic E-state index is -0.894. The molecule has 152 valence electrons. The van der Waals surface area contributed by atoms with E-state index in [1.807, 2.05) is 12.2 Å². The van der Waals surface area contributed by atoms with Gasteiger partial charge in [0.25, 0.3) is 5.69 Å². The number of allylic oxidation sites excluding steroid dienone is 2. The summed E-state index contributed by atoms with van der Waals surface area (Å²) in [5, 5.41) is 13.6. The van der Waals surface area contributed by atoms with Crippen molar-refractivity contribution in [2.45, 2.75) is 39.2 Å². The molecular formula is C21H23N3O5. The number of fused-ring (bicyclic) bond motifs is 1. The van der Waals surface area contributed by atoms with Crippen LogP contribution in [0.2, 0.25) is 0 Å². The van der Waals surface area contributed by atoms with Crippen LogP contribution in [0.25, 0.3) is 0 Å². The number of likely N-dealkylation sites (tertiary alicyclic amines) is 1. The quantitative estimate of drug-likeness (QED) is 0.356. The highest BCUT2D eigenvalue weighted by atomic mass is 16.6. The summed E-state index contributed by atoms with van der Waals surface area (Å²) in [6.45, 7) is 3.43. The second kappa shape index (κ2) is 7.09. The highest BCUT2D eigenvalue weighted by Crippen LogP contribution is 2.50. The van der Waals surface area contributed by atoms with Crippen LogP contribution < -0.4 is 5.32 Å². The van der Waals surface area contributed by atoms with Gasteiger partial charge in [0.2, 0.25) is 17.7 Å². The van der Waals surface area contributed by atoms with Crippen LogP contribution in [-0.4, -0.2) is 33.6 Å². The standard InChI is InChI=1S/C21H23N3O5/c1-3-16(19(25)22-15-9-8-14(24(28)29)10-11(15)2)23-20(26)17-12-4-5-13(7-6-12)18(17)21(23)27/h4-5,8-10,12-13,16-18H,3,6-7H2,1-2H3,(H,22,25)/t12-,13-,16+,17+,18+/m0/s1. The average Bonchev–Trinajstić information content (AvgIpc) is 2.98. The Labute approximate surface area is 168 Å². The Morgan fingerprint density at radius 3 is 2.24 bits per heavy atom. The van der Waals surface area contributed by atoms with E-state index in [4.69, 9.17) is 0 Å². The zero-order valence-electron chi connectivity index (χ0n) is 16.3. The van der Waals surface area contributed by atoms with Crippen molar-refractivity contribution in [3.63, 3.8) is 0 Å². The van der Waals surface area contributed by atoms with Gasteiger partial charge in [-0.2, -0.15) is 0 Å². The second-order valence-corrected chi connectivity index (χ2v) is 8.06. The smallest absolute Gasteiger partial charge is 0.269 e. The predicted octanol–water partition coefficient (Wildman–Crippen LogP) is 2.82. The Balaban J connectivity index is 1.56. The zero-order valence-corrected chi connectivity index (χ0v) is 16.3. The first kappa shape index (κ1) is 19.3. The molecule has 1 saturated carbocycles. The Morgan fingerprint density at radius 2 is 1.79 bits per heavy atom. The number of nitrogens with one attached hydrogen (secondary N) is 1. The van der Waals surface area contributed by atoms with Crippen molar-refractivity contribution in [3.8, 4) is 0 Å². The molecular weight excluding hydrogens is 374 g/mol. The molecule has 1 aliphatic heterocycles. The number of anilines is 1. The summed E-state index contributed by atoms with van der Waals surface area (Å²) in [6, 6.07) is 3.26. The lowest BCUT2D eigenvalue weighted by Gasteiger charge is -2.38. The molecule has 29 heavy (non-hydrogen) atoms. The third-order valence-electron chi connectivity index (χ3n) is 6.47. The Kier molecular flexibility index (Phi) is 4.72. The number of nitro benzene ring substituents is 1. The van der Waals surface area contributed by atoms with Crippen LogP contribution in [0.15, 0.2) is 30.4 Å². The van der Waals surface area contributed by atoms with Crippen molar-refractivity contribution in [3.05, 3.63) is 46.0 Å². The number of carbonyl (C=O) groups excluding carboxylic acids is 3.